The van der Waals surface area contributed by atoms with E-state index in [1.165, 1.54) is 32.1 Å². The summed E-state index contributed by atoms with van der Waals surface area (Å²) in [7, 11) is 0. The number of hydrogen-bond donors (Lipinski definition) is 1. The second-order valence-electron chi connectivity index (χ2n) is 8.77. The Morgan fingerprint density at radius 1 is 1.08 bits per heavy atom. The number of rotatable bonds is 10. The number of hydroxylamine groups is 2. The van der Waals surface area contributed by atoms with Crippen molar-refractivity contribution in [1.82, 2.24) is 5.06 Å². The molecule has 0 spiro atoms. The number of aliphatic hydroxyl groups excluding tert-OH is 1. The van der Waals surface area contributed by atoms with Crippen molar-refractivity contribution in [1.29, 1.82) is 0 Å². The van der Waals surface area contributed by atoms with Crippen molar-refractivity contribution < 1.29 is 19.5 Å². The molecule has 5 heteroatoms. The summed E-state index contributed by atoms with van der Waals surface area (Å²) in [6.45, 7) is 13.0. The Kier molecular flexibility index (Phi) is 9.11. The van der Waals surface area contributed by atoms with Gasteiger partial charge in [-0.2, -0.15) is 5.06 Å². The summed E-state index contributed by atoms with van der Waals surface area (Å²) in [5, 5.41) is 11.1. The third kappa shape index (κ3) is 6.92. The van der Waals surface area contributed by atoms with Crippen molar-refractivity contribution >= 4 is 5.97 Å². The molecule has 0 aromatic carbocycles. The molecule has 1 aliphatic rings. The van der Waals surface area contributed by atoms with E-state index in [1.807, 2.05) is 0 Å². The van der Waals surface area contributed by atoms with Crippen molar-refractivity contribution in [3.63, 3.8) is 0 Å². The second kappa shape index (κ2) is 10.3. The van der Waals surface area contributed by atoms with Crippen LogP contribution in [0.2, 0.25) is 0 Å². The van der Waals surface area contributed by atoms with Crippen molar-refractivity contribution in [3.05, 3.63) is 11.8 Å². The molecule has 0 aliphatic carbocycles. The van der Waals surface area contributed by atoms with Gasteiger partial charge in [0, 0.05) is 23.9 Å². The average Bonchev–Trinajstić information content (AvgIpc) is 2.54. The maximum atomic E-state index is 12.0. The molecule has 1 fully saturated rings. The van der Waals surface area contributed by atoms with Crippen LogP contribution in [0.25, 0.3) is 0 Å². The van der Waals surface area contributed by atoms with Crippen LogP contribution >= 0.6 is 0 Å². The predicted molar refractivity (Wildman–Crippen MR) is 105 cm³/mol. The fraction of sp³-hybridized carbons (Fsp3) is 0.857. The van der Waals surface area contributed by atoms with Crippen molar-refractivity contribution in [2.75, 3.05) is 6.61 Å². The van der Waals surface area contributed by atoms with E-state index >= 15 is 0 Å². The van der Waals surface area contributed by atoms with Crippen LogP contribution in [0.3, 0.4) is 0 Å². The number of aliphatic hydroxyl groups is 1. The summed E-state index contributed by atoms with van der Waals surface area (Å²) in [6.07, 6.45) is 9.49. The normalized spacial score (nSPS) is 20.9. The quantitative estimate of drug-likeness (QED) is 0.245. The van der Waals surface area contributed by atoms with Crippen molar-refractivity contribution in [2.45, 2.75) is 110 Å². The first-order valence-electron chi connectivity index (χ1n) is 10.1. The molecule has 0 radical (unpaired) electrons. The highest BCUT2D eigenvalue weighted by atomic mass is 16.7. The Bertz CT molecular complexity index is 453. The zero-order chi connectivity index (χ0) is 19.8. The molecule has 0 atom stereocenters. The van der Waals surface area contributed by atoms with Crippen LogP contribution in [0.15, 0.2) is 11.8 Å². The smallest absolute Gasteiger partial charge is 0.337 e. The SMILES string of the molecule is CCCCCCCCON1C(C)(C)CC(OC(=O)C(C)=CO)CC1(C)C. The summed E-state index contributed by atoms with van der Waals surface area (Å²) >= 11 is 0. The number of nitrogens with zero attached hydrogens (tertiary/aromatic N) is 1. The molecule has 0 aromatic rings. The third-order valence-corrected chi connectivity index (χ3v) is 5.06. The van der Waals surface area contributed by atoms with Crippen LogP contribution in [0.4, 0.5) is 0 Å². The lowest BCUT2D eigenvalue weighted by Gasteiger charge is -2.53. The first kappa shape index (κ1) is 23.0. The van der Waals surface area contributed by atoms with Crippen molar-refractivity contribution in [2.24, 2.45) is 0 Å². The van der Waals surface area contributed by atoms with Gasteiger partial charge in [0.25, 0.3) is 0 Å². The molecule has 5 nitrogen and oxygen atoms in total. The molecule has 1 rings (SSSR count). The predicted octanol–water partition coefficient (Wildman–Crippen LogP) is 5.31. The van der Waals surface area contributed by atoms with E-state index in [0.29, 0.717) is 12.8 Å². The Morgan fingerprint density at radius 3 is 2.15 bits per heavy atom. The highest BCUT2D eigenvalue weighted by molar-refractivity contribution is 5.87. The van der Waals surface area contributed by atoms with Gasteiger partial charge in [-0.25, -0.2) is 4.79 Å². The zero-order valence-corrected chi connectivity index (χ0v) is 17.6. The van der Waals surface area contributed by atoms with Crippen LogP contribution in [-0.4, -0.2) is 39.9 Å². The van der Waals surface area contributed by atoms with E-state index in [4.69, 9.17) is 14.7 Å². The van der Waals surface area contributed by atoms with Crippen LogP contribution in [0, 0.1) is 0 Å². The third-order valence-electron chi connectivity index (χ3n) is 5.06. The molecule has 0 aromatic heterocycles. The fourth-order valence-corrected chi connectivity index (χ4v) is 3.94. The number of ether oxygens (including phenoxy) is 1. The Morgan fingerprint density at radius 2 is 1.62 bits per heavy atom. The fourth-order valence-electron chi connectivity index (χ4n) is 3.94. The first-order valence-corrected chi connectivity index (χ1v) is 10.1. The highest BCUT2D eigenvalue weighted by Crippen LogP contribution is 2.40. The maximum Gasteiger partial charge on any atom is 0.337 e. The molecular weight excluding hydrogens is 330 g/mol. The summed E-state index contributed by atoms with van der Waals surface area (Å²) in [4.78, 5) is 18.2. The standard InChI is InChI=1S/C21H39NO4/c1-7-8-9-10-11-12-13-25-22-20(3,4)14-18(15-21(22,5)6)26-19(24)17(2)16-23/h16,18,23H,7-15H2,1-6H3. The van der Waals surface area contributed by atoms with Gasteiger partial charge in [0.2, 0.25) is 0 Å². The van der Waals surface area contributed by atoms with Gasteiger partial charge < -0.3 is 9.84 Å². The molecule has 1 aliphatic heterocycles. The monoisotopic (exact) mass is 369 g/mol. The van der Waals surface area contributed by atoms with Gasteiger partial charge in [-0.1, -0.05) is 39.0 Å². The van der Waals surface area contributed by atoms with Gasteiger partial charge in [0.15, 0.2) is 0 Å². The van der Waals surface area contributed by atoms with E-state index in [-0.39, 0.29) is 22.8 Å². The lowest BCUT2D eigenvalue weighted by molar-refractivity contribution is -0.293. The largest absolute Gasteiger partial charge is 0.515 e. The zero-order valence-electron chi connectivity index (χ0n) is 17.6. The molecule has 1 N–H and O–H groups in total. The number of unbranched alkanes of at least 4 members (excludes halogenated alkanes) is 5. The van der Waals surface area contributed by atoms with Crippen LogP contribution in [-0.2, 0) is 14.4 Å². The van der Waals surface area contributed by atoms with Gasteiger partial charge in [0.05, 0.1) is 18.4 Å². The van der Waals surface area contributed by atoms with Crippen LogP contribution in [0.1, 0.15) is 92.9 Å². The van der Waals surface area contributed by atoms with E-state index < -0.39 is 5.97 Å². The molecule has 26 heavy (non-hydrogen) atoms. The van der Waals surface area contributed by atoms with E-state index in [1.54, 1.807) is 6.92 Å². The van der Waals surface area contributed by atoms with Crippen LogP contribution in [0.5, 0.6) is 0 Å². The van der Waals surface area contributed by atoms with E-state index in [2.05, 4.69) is 39.7 Å². The number of hydrogen-bond acceptors (Lipinski definition) is 5. The minimum absolute atomic E-state index is 0.184. The maximum absolute atomic E-state index is 12.0. The Balaban J connectivity index is 2.55. The highest BCUT2D eigenvalue weighted by Gasteiger charge is 2.47. The topological polar surface area (TPSA) is 59.0 Å². The summed E-state index contributed by atoms with van der Waals surface area (Å²) < 4.78 is 5.59. The molecule has 0 saturated carbocycles. The van der Waals surface area contributed by atoms with Crippen LogP contribution < -0.4 is 0 Å². The van der Waals surface area contributed by atoms with Crippen molar-refractivity contribution in [3.8, 4) is 0 Å². The van der Waals surface area contributed by atoms with Gasteiger partial charge in [-0.15, -0.1) is 0 Å². The van der Waals surface area contributed by atoms with Gasteiger partial charge in [0.1, 0.15) is 6.10 Å². The average molecular weight is 370 g/mol. The molecule has 0 amide bonds. The molecule has 1 saturated heterocycles. The summed E-state index contributed by atoms with van der Waals surface area (Å²) in [5.74, 6) is -0.453. The van der Waals surface area contributed by atoms with Gasteiger partial charge >= 0.3 is 5.97 Å². The number of carbonyl (C=O) groups excluding carboxylic acids is 1. The number of carbonyl (C=O) groups is 1. The second-order valence-corrected chi connectivity index (χ2v) is 8.77. The number of esters is 1. The lowest BCUT2D eigenvalue weighted by Crippen LogP contribution is -2.62. The minimum Gasteiger partial charge on any atom is -0.515 e. The molecule has 152 valence electrons. The molecular formula is C21H39NO4. The summed E-state index contributed by atoms with van der Waals surface area (Å²) in [5.41, 5.74) is -0.236. The lowest BCUT2D eigenvalue weighted by atomic mass is 9.80. The molecule has 1 heterocycles. The summed E-state index contributed by atoms with van der Waals surface area (Å²) in [6, 6.07) is 0. The Hall–Kier alpha value is -1.07. The molecule has 0 bridgehead atoms. The van der Waals surface area contributed by atoms with Gasteiger partial charge in [-0.3, -0.25) is 4.84 Å². The van der Waals surface area contributed by atoms with E-state index in [0.717, 1.165) is 19.3 Å². The minimum atomic E-state index is -0.453. The Labute approximate surface area is 159 Å². The number of piperidine rings is 1. The first-order chi connectivity index (χ1) is 12.1. The molecule has 0 unspecified atom stereocenters. The van der Waals surface area contributed by atoms with Gasteiger partial charge in [-0.05, 0) is 41.0 Å². The van der Waals surface area contributed by atoms with E-state index in [9.17, 15) is 4.79 Å².